The minimum absolute atomic E-state index is 0.0754. The van der Waals surface area contributed by atoms with Crippen LogP contribution in [0.3, 0.4) is 0 Å². The second kappa shape index (κ2) is 4.88. The molecular weight excluding hydrogens is 306 g/mol. The fourth-order valence-electron chi connectivity index (χ4n) is 1.56. The minimum atomic E-state index is -0.0754. The van der Waals surface area contributed by atoms with Crippen LogP contribution in [-0.4, -0.2) is 0 Å². The van der Waals surface area contributed by atoms with Gasteiger partial charge < -0.3 is 5.73 Å². The molecule has 0 radical (unpaired) electrons. The van der Waals surface area contributed by atoms with E-state index in [0.29, 0.717) is 5.02 Å². The molecule has 1 atom stereocenters. The largest absolute Gasteiger partial charge is 0.320 e. The SMILES string of the molecule is Cc1ccsc1C(N)c1ccc(Cl)c(Br)c1. The topological polar surface area (TPSA) is 26.0 Å². The number of thiophene rings is 1. The summed E-state index contributed by atoms with van der Waals surface area (Å²) in [7, 11) is 0. The van der Waals surface area contributed by atoms with E-state index in [1.165, 1.54) is 10.4 Å². The van der Waals surface area contributed by atoms with Crippen molar-refractivity contribution in [2.75, 3.05) is 0 Å². The average Bonchev–Trinajstić information content (AvgIpc) is 2.67. The van der Waals surface area contributed by atoms with Crippen LogP contribution in [0.1, 0.15) is 22.0 Å². The third-order valence-corrected chi connectivity index (χ3v) is 4.80. The van der Waals surface area contributed by atoms with Crippen molar-refractivity contribution < 1.29 is 0 Å². The van der Waals surface area contributed by atoms with Gasteiger partial charge in [0, 0.05) is 9.35 Å². The van der Waals surface area contributed by atoms with Crippen molar-refractivity contribution in [1.82, 2.24) is 0 Å². The number of halogens is 2. The third-order valence-electron chi connectivity index (χ3n) is 2.49. The summed E-state index contributed by atoms with van der Waals surface area (Å²) in [4.78, 5) is 1.20. The Hall–Kier alpha value is -0.350. The van der Waals surface area contributed by atoms with Crippen molar-refractivity contribution in [3.63, 3.8) is 0 Å². The van der Waals surface area contributed by atoms with Crippen LogP contribution < -0.4 is 5.73 Å². The molecule has 1 aromatic carbocycles. The predicted molar refractivity (Wildman–Crippen MR) is 74.2 cm³/mol. The van der Waals surface area contributed by atoms with Crippen LogP contribution in [0.5, 0.6) is 0 Å². The number of benzene rings is 1. The lowest BCUT2D eigenvalue weighted by Crippen LogP contribution is -2.11. The molecule has 1 heterocycles. The lowest BCUT2D eigenvalue weighted by atomic mass is 10.0. The molecule has 0 bridgehead atoms. The van der Waals surface area contributed by atoms with E-state index in [-0.39, 0.29) is 6.04 Å². The van der Waals surface area contributed by atoms with E-state index in [1.54, 1.807) is 11.3 Å². The van der Waals surface area contributed by atoms with Gasteiger partial charge >= 0.3 is 0 Å². The predicted octanol–water partition coefficient (Wildman–Crippen LogP) is 4.52. The van der Waals surface area contributed by atoms with Crippen molar-refractivity contribution in [2.45, 2.75) is 13.0 Å². The summed E-state index contributed by atoms with van der Waals surface area (Å²) in [6.07, 6.45) is 0. The van der Waals surface area contributed by atoms with Crippen LogP contribution in [0.15, 0.2) is 34.1 Å². The van der Waals surface area contributed by atoms with Gasteiger partial charge in [0.15, 0.2) is 0 Å². The molecule has 0 aliphatic heterocycles. The van der Waals surface area contributed by atoms with E-state index in [9.17, 15) is 0 Å². The highest BCUT2D eigenvalue weighted by atomic mass is 79.9. The van der Waals surface area contributed by atoms with Crippen LogP contribution in [0.4, 0.5) is 0 Å². The standard InChI is InChI=1S/C12H11BrClNS/c1-7-4-5-16-12(7)11(15)8-2-3-10(14)9(13)6-8/h2-6,11H,15H2,1H3. The number of aryl methyl sites for hydroxylation is 1. The molecule has 0 spiro atoms. The highest BCUT2D eigenvalue weighted by Gasteiger charge is 2.13. The Morgan fingerprint density at radius 3 is 2.69 bits per heavy atom. The highest BCUT2D eigenvalue weighted by molar-refractivity contribution is 9.10. The second-order valence-electron chi connectivity index (χ2n) is 3.62. The van der Waals surface area contributed by atoms with Crippen LogP contribution in [-0.2, 0) is 0 Å². The van der Waals surface area contributed by atoms with Gasteiger partial charge in [-0.15, -0.1) is 11.3 Å². The van der Waals surface area contributed by atoms with Gasteiger partial charge in [-0.05, 0) is 57.6 Å². The number of nitrogens with two attached hydrogens (primary N) is 1. The minimum Gasteiger partial charge on any atom is -0.320 e. The first-order valence-electron chi connectivity index (χ1n) is 4.84. The van der Waals surface area contributed by atoms with Crippen molar-refractivity contribution in [3.8, 4) is 0 Å². The fraction of sp³-hybridized carbons (Fsp3) is 0.167. The van der Waals surface area contributed by atoms with Gasteiger partial charge in [0.1, 0.15) is 0 Å². The normalized spacial score (nSPS) is 12.8. The molecule has 2 N–H and O–H groups in total. The molecule has 0 saturated heterocycles. The molecule has 16 heavy (non-hydrogen) atoms. The third kappa shape index (κ3) is 2.33. The Balaban J connectivity index is 2.38. The van der Waals surface area contributed by atoms with E-state index >= 15 is 0 Å². The van der Waals surface area contributed by atoms with Gasteiger partial charge in [-0.1, -0.05) is 17.7 Å². The van der Waals surface area contributed by atoms with E-state index in [4.69, 9.17) is 17.3 Å². The molecule has 84 valence electrons. The van der Waals surface area contributed by atoms with Gasteiger partial charge in [-0.3, -0.25) is 0 Å². The molecule has 0 fully saturated rings. The zero-order valence-electron chi connectivity index (χ0n) is 8.71. The van der Waals surface area contributed by atoms with Crippen LogP contribution in [0.2, 0.25) is 5.02 Å². The first-order valence-corrected chi connectivity index (χ1v) is 6.89. The Morgan fingerprint density at radius 2 is 2.12 bits per heavy atom. The summed E-state index contributed by atoms with van der Waals surface area (Å²) < 4.78 is 0.885. The van der Waals surface area contributed by atoms with E-state index in [0.717, 1.165) is 10.0 Å². The molecule has 2 aromatic rings. The summed E-state index contributed by atoms with van der Waals surface area (Å²) in [6, 6.07) is 7.83. The number of rotatable bonds is 2. The Kier molecular flexibility index (Phi) is 3.70. The average molecular weight is 317 g/mol. The van der Waals surface area contributed by atoms with Gasteiger partial charge in [0.05, 0.1) is 11.1 Å². The fourth-order valence-corrected chi connectivity index (χ4v) is 3.03. The monoisotopic (exact) mass is 315 g/mol. The van der Waals surface area contributed by atoms with Gasteiger partial charge in [0.2, 0.25) is 0 Å². The van der Waals surface area contributed by atoms with E-state index in [2.05, 4.69) is 34.3 Å². The van der Waals surface area contributed by atoms with Gasteiger partial charge in [0.25, 0.3) is 0 Å². The first kappa shape index (κ1) is 12.1. The molecule has 0 aliphatic carbocycles. The zero-order chi connectivity index (χ0) is 11.7. The maximum atomic E-state index is 6.23. The van der Waals surface area contributed by atoms with E-state index in [1.807, 2.05) is 18.2 Å². The summed E-state index contributed by atoms with van der Waals surface area (Å²) in [5.74, 6) is 0. The summed E-state index contributed by atoms with van der Waals surface area (Å²) in [5.41, 5.74) is 8.54. The van der Waals surface area contributed by atoms with Crippen molar-refractivity contribution >= 4 is 38.9 Å². The second-order valence-corrected chi connectivity index (χ2v) is 5.83. The van der Waals surface area contributed by atoms with E-state index < -0.39 is 0 Å². The molecule has 1 unspecified atom stereocenters. The number of hydrogen-bond acceptors (Lipinski definition) is 2. The Bertz CT molecular complexity index is 509. The zero-order valence-corrected chi connectivity index (χ0v) is 11.9. The Morgan fingerprint density at radius 1 is 1.38 bits per heavy atom. The molecule has 0 aliphatic rings. The van der Waals surface area contributed by atoms with Crippen LogP contribution in [0.25, 0.3) is 0 Å². The van der Waals surface area contributed by atoms with Crippen molar-refractivity contribution in [2.24, 2.45) is 5.73 Å². The molecular formula is C12H11BrClNS. The van der Waals surface area contributed by atoms with Crippen molar-refractivity contribution in [1.29, 1.82) is 0 Å². The maximum Gasteiger partial charge on any atom is 0.0649 e. The molecule has 1 nitrogen and oxygen atoms in total. The molecule has 4 heteroatoms. The highest BCUT2D eigenvalue weighted by Crippen LogP contribution is 2.31. The summed E-state index contributed by atoms with van der Waals surface area (Å²) in [6.45, 7) is 2.08. The van der Waals surface area contributed by atoms with Gasteiger partial charge in [-0.25, -0.2) is 0 Å². The first-order chi connectivity index (χ1) is 7.59. The van der Waals surface area contributed by atoms with Crippen LogP contribution >= 0.6 is 38.9 Å². The smallest absolute Gasteiger partial charge is 0.0649 e. The van der Waals surface area contributed by atoms with Crippen LogP contribution in [0, 0.1) is 6.92 Å². The quantitative estimate of drug-likeness (QED) is 0.866. The van der Waals surface area contributed by atoms with Gasteiger partial charge in [-0.2, -0.15) is 0 Å². The Labute approximate surface area is 112 Å². The molecule has 1 aromatic heterocycles. The summed E-state index contributed by atoms with van der Waals surface area (Å²) in [5, 5.41) is 2.77. The molecule has 2 rings (SSSR count). The lowest BCUT2D eigenvalue weighted by molar-refractivity contribution is 0.884. The van der Waals surface area contributed by atoms with Crippen molar-refractivity contribution in [3.05, 3.63) is 55.1 Å². The molecule has 0 saturated carbocycles. The maximum absolute atomic E-state index is 6.23. The number of hydrogen-bond donors (Lipinski definition) is 1. The molecule has 0 amide bonds. The lowest BCUT2D eigenvalue weighted by Gasteiger charge is -2.12. The summed E-state index contributed by atoms with van der Waals surface area (Å²) >= 11 is 11.1.